The van der Waals surface area contributed by atoms with Gasteiger partial charge in [0.15, 0.2) is 14.3 Å². The number of carbonyl (C=O) groups excluding carboxylic acids is 1. The summed E-state index contributed by atoms with van der Waals surface area (Å²) in [5, 5.41) is 2.38. The summed E-state index contributed by atoms with van der Waals surface area (Å²) >= 11 is 0. The SMILES string of the molecule is CCCCCOC(=O)c1ccc2c(c1)c1ccccc1[s+]2-c1ccccc1. The van der Waals surface area contributed by atoms with Gasteiger partial charge in [-0.2, -0.15) is 0 Å². The van der Waals surface area contributed by atoms with Gasteiger partial charge in [0, 0.05) is 21.2 Å². The number of fused-ring (bicyclic) bond motifs is 3. The van der Waals surface area contributed by atoms with E-state index < -0.39 is 0 Å². The molecule has 1 heterocycles. The van der Waals surface area contributed by atoms with Crippen LogP contribution in [0.2, 0.25) is 0 Å². The molecule has 0 amide bonds. The summed E-state index contributed by atoms with van der Waals surface area (Å²) in [6, 6.07) is 25.1. The Balaban J connectivity index is 1.78. The average molecular weight is 376 g/mol. The lowest BCUT2D eigenvalue weighted by atomic mass is 10.1. The van der Waals surface area contributed by atoms with Crippen LogP contribution in [0.1, 0.15) is 36.5 Å². The molecular weight excluding hydrogens is 352 g/mol. The monoisotopic (exact) mass is 375 g/mol. The molecule has 0 aliphatic carbocycles. The Morgan fingerprint density at radius 3 is 2.41 bits per heavy atom. The zero-order valence-electron chi connectivity index (χ0n) is 15.5. The molecule has 3 aromatic carbocycles. The summed E-state index contributed by atoms with van der Waals surface area (Å²) in [7, 11) is -0.122. The number of unbranched alkanes of at least 4 members (excludes halogenated alkanes) is 2. The number of rotatable bonds is 6. The van der Waals surface area contributed by atoms with Gasteiger partial charge >= 0.3 is 5.97 Å². The number of hydrogen-bond donors (Lipinski definition) is 0. The molecule has 3 heteroatoms. The van der Waals surface area contributed by atoms with Gasteiger partial charge in [-0.3, -0.25) is 0 Å². The molecule has 1 unspecified atom stereocenters. The van der Waals surface area contributed by atoms with Crippen molar-refractivity contribution in [2.45, 2.75) is 26.2 Å². The predicted molar refractivity (Wildman–Crippen MR) is 115 cm³/mol. The molecule has 2 nitrogen and oxygen atoms in total. The van der Waals surface area contributed by atoms with E-state index >= 15 is 0 Å². The van der Waals surface area contributed by atoms with E-state index in [0.29, 0.717) is 12.2 Å². The number of esters is 1. The Labute approximate surface area is 162 Å². The highest BCUT2D eigenvalue weighted by atomic mass is 32.2. The smallest absolute Gasteiger partial charge is 0.338 e. The van der Waals surface area contributed by atoms with E-state index in [1.165, 1.54) is 19.7 Å². The van der Waals surface area contributed by atoms with E-state index in [-0.39, 0.29) is 16.4 Å². The fraction of sp³-hybridized carbons (Fsp3) is 0.208. The van der Waals surface area contributed by atoms with Crippen molar-refractivity contribution < 1.29 is 9.53 Å². The summed E-state index contributed by atoms with van der Waals surface area (Å²) in [6.07, 6.45) is 3.13. The van der Waals surface area contributed by atoms with Gasteiger partial charge < -0.3 is 4.74 Å². The van der Waals surface area contributed by atoms with Gasteiger partial charge in [0.25, 0.3) is 0 Å². The van der Waals surface area contributed by atoms with Crippen LogP contribution in [0, 0.1) is 0 Å². The molecule has 136 valence electrons. The maximum Gasteiger partial charge on any atom is 0.338 e. The van der Waals surface area contributed by atoms with Crippen LogP contribution in [0.25, 0.3) is 25.1 Å². The first kappa shape index (κ1) is 17.7. The van der Waals surface area contributed by atoms with Crippen molar-refractivity contribution in [3.8, 4) is 4.90 Å². The first-order valence-electron chi connectivity index (χ1n) is 9.49. The number of carbonyl (C=O) groups is 1. The standard InChI is InChI=1S/C24H23O2S/c1-2-3-9-16-26-24(25)18-14-15-23-21(17-18)20-12-7-8-13-22(20)27(23)19-10-5-4-6-11-19/h4-8,10-15,17H,2-3,9,16H2,1H3/q+1. The van der Waals surface area contributed by atoms with Crippen LogP contribution in [-0.4, -0.2) is 12.6 Å². The largest absolute Gasteiger partial charge is 0.462 e. The van der Waals surface area contributed by atoms with E-state index in [4.69, 9.17) is 4.74 Å². The fourth-order valence-corrected chi connectivity index (χ4v) is 5.82. The van der Waals surface area contributed by atoms with E-state index in [1.54, 1.807) is 0 Å². The second-order valence-electron chi connectivity index (χ2n) is 6.67. The van der Waals surface area contributed by atoms with E-state index in [9.17, 15) is 4.79 Å². The third-order valence-electron chi connectivity index (χ3n) is 4.79. The lowest BCUT2D eigenvalue weighted by Crippen LogP contribution is -2.06. The van der Waals surface area contributed by atoms with Crippen molar-refractivity contribution >= 4 is 36.6 Å². The maximum atomic E-state index is 12.5. The van der Waals surface area contributed by atoms with Crippen molar-refractivity contribution in [1.82, 2.24) is 0 Å². The first-order chi connectivity index (χ1) is 13.3. The Bertz CT molecular complexity index is 1080. The molecular formula is C24H23O2S+. The summed E-state index contributed by atoms with van der Waals surface area (Å²) in [4.78, 5) is 13.8. The second-order valence-corrected chi connectivity index (χ2v) is 8.63. The normalized spacial score (nSPS) is 11.8. The topological polar surface area (TPSA) is 26.3 Å². The van der Waals surface area contributed by atoms with Crippen LogP contribution in [0.3, 0.4) is 0 Å². The summed E-state index contributed by atoms with van der Waals surface area (Å²) in [5.74, 6) is -0.224. The van der Waals surface area contributed by atoms with Gasteiger partial charge in [-0.15, -0.1) is 0 Å². The molecule has 0 aliphatic rings. The van der Waals surface area contributed by atoms with Gasteiger partial charge in [-0.1, -0.05) is 50.1 Å². The molecule has 0 aliphatic heterocycles. The molecule has 27 heavy (non-hydrogen) atoms. The zero-order chi connectivity index (χ0) is 18.6. The highest BCUT2D eigenvalue weighted by Gasteiger charge is 2.24. The lowest BCUT2D eigenvalue weighted by molar-refractivity contribution is 0.0498. The minimum Gasteiger partial charge on any atom is -0.462 e. The third-order valence-corrected chi connectivity index (χ3v) is 7.13. The molecule has 0 N–H and O–H groups in total. The Morgan fingerprint density at radius 2 is 1.59 bits per heavy atom. The zero-order valence-corrected chi connectivity index (χ0v) is 16.3. The van der Waals surface area contributed by atoms with E-state index in [1.807, 2.05) is 18.2 Å². The van der Waals surface area contributed by atoms with Crippen LogP contribution < -0.4 is 0 Å². The van der Waals surface area contributed by atoms with Gasteiger partial charge in [-0.25, -0.2) is 4.79 Å². The van der Waals surface area contributed by atoms with Crippen molar-refractivity contribution in [3.63, 3.8) is 0 Å². The summed E-state index contributed by atoms with van der Waals surface area (Å²) in [5.41, 5.74) is 0.638. The van der Waals surface area contributed by atoms with Crippen molar-refractivity contribution in [1.29, 1.82) is 0 Å². The van der Waals surface area contributed by atoms with Crippen LogP contribution in [-0.2, 0) is 4.74 Å². The molecule has 4 rings (SSSR count). The van der Waals surface area contributed by atoms with Gasteiger partial charge in [0.1, 0.15) is 0 Å². The molecule has 0 saturated carbocycles. The Kier molecular flexibility index (Phi) is 5.21. The Hall–Kier alpha value is -2.65. The molecule has 4 aromatic rings. The lowest BCUT2D eigenvalue weighted by Gasteiger charge is -2.04. The second kappa shape index (κ2) is 7.93. The number of hydrogen-bond acceptors (Lipinski definition) is 2. The minimum absolute atomic E-state index is 0.122. The minimum atomic E-state index is -0.224. The third kappa shape index (κ3) is 3.47. The fourth-order valence-electron chi connectivity index (χ4n) is 3.44. The van der Waals surface area contributed by atoms with Crippen LogP contribution in [0.4, 0.5) is 0 Å². The highest BCUT2D eigenvalue weighted by molar-refractivity contribution is 7.50. The van der Waals surface area contributed by atoms with Gasteiger partial charge in [0.2, 0.25) is 0 Å². The van der Waals surface area contributed by atoms with Crippen molar-refractivity contribution in [2.75, 3.05) is 6.61 Å². The average Bonchev–Trinajstić information content (AvgIpc) is 3.05. The summed E-state index contributed by atoms with van der Waals surface area (Å²) in [6.45, 7) is 2.64. The first-order valence-corrected chi connectivity index (χ1v) is 10.7. The predicted octanol–water partition coefficient (Wildman–Crippen LogP) is 7.08. The van der Waals surface area contributed by atoms with Crippen LogP contribution in [0.5, 0.6) is 0 Å². The van der Waals surface area contributed by atoms with Crippen molar-refractivity contribution in [3.05, 3.63) is 78.4 Å². The molecule has 0 radical (unpaired) electrons. The molecule has 0 spiro atoms. The van der Waals surface area contributed by atoms with Crippen LogP contribution >= 0.6 is 10.5 Å². The number of ether oxygens (including phenoxy) is 1. The molecule has 1 atom stereocenters. The van der Waals surface area contributed by atoms with Crippen molar-refractivity contribution in [2.24, 2.45) is 0 Å². The maximum absolute atomic E-state index is 12.5. The quantitative estimate of drug-likeness (QED) is 0.204. The van der Waals surface area contributed by atoms with E-state index in [0.717, 1.165) is 24.6 Å². The number of thiophene rings is 1. The highest BCUT2D eigenvalue weighted by Crippen LogP contribution is 2.48. The van der Waals surface area contributed by atoms with Gasteiger partial charge in [0.05, 0.1) is 12.2 Å². The Morgan fingerprint density at radius 1 is 0.852 bits per heavy atom. The van der Waals surface area contributed by atoms with Gasteiger partial charge in [-0.05, 0) is 48.9 Å². The van der Waals surface area contributed by atoms with Crippen LogP contribution in [0.15, 0.2) is 72.8 Å². The molecule has 0 bridgehead atoms. The summed E-state index contributed by atoms with van der Waals surface area (Å²) < 4.78 is 8.06. The molecule has 1 aromatic heterocycles. The number of benzene rings is 3. The molecule has 0 fully saturated rings. The molecule has 0 saturated heterocycles. The van der Waals surface area contributed by atoms with E-state index in [2.05, 4.69) is 61.5 Å².